The van der Waals surface area contributed by atoms with Gasteiger partial charge in [0.2, 0.25) is 0 Å². The van der Waals surface area contributed by atoms with E-state index in [1.54, 1.807) is 12.3 Å². The largest absolute Gasteiger partial charge is 0.369 e. The van der Waals surface area contributed by atoms with E-state index in [-0.39, 0.29) is 5.82 Å². The highest BCUT2D eigenvalue weighted by atomic mass is 79.9. The number of nitrogens with one attached hydrogen (secondary N) is 1. The molecule has 4 rings (SSSR count). The molecule has 1 aromatic heterocycles. The molecular formula is C18H14BrFN2. The summed E-state index contributed by atoms with van der Waals surface area (Å²) in [5.74, 6) is 1.10. The second-order valence-corrected chi connectivity index (χ2v) is 6.48. The van der Waals surface area contributed by atoms with E-state index < -0.39 is 0 Å². The Balaban J connectivity index is 1.59. The monoisotopic (exact) mass is 356 g/mol. The van der Waals surface area contributed by atoms with Crippen LogP contribution in [0.15, 0.2) is 53.1 Å². The zero-order valence-electron chi connectivity index (χ0n) is 11.8. The van der Waals surface area contributed by atoms with Gasteiger partial charge >= 0.3 is 0 Å². The molecule has 1 atom stereocenters. The van der Waals surface area contributed by atoms with Gasteiger partial charge in [-0.05, 0) is 51.7 Å². The topological polar surface area (TPSA) is 24.9 Å². The fourth-order valence-corrected chi connectivity index (χ4v) is 3.52. The minimum atomic E-state index is -0.238. The molecule has 0 bridgehead atoms. The van der Waals surface area contributed by atoms with Crippen LogP contribution in [0.25, 0.3) is 10.8 Å². The predicted octanol–water partition coefficient (Wildman–Crippen LogP) is 4.89. The average Bonchev–Trinajstić information content (AvgIpc) is 2.50. The van der Waals surface area contributed by atoms with Gasteiger partial charge in [0.1, 0.15) is 11.6 Å². The second-order valence-electron chi connectivity index (χ2n) is 5.63. The van der Waals surface area contributed by atoms with Crippen LogP contribution in [0.3, 0.4) is 0 Å². The number of nitrogens with zero attached hydrogens (tertiary/aromatic N) is 1. The van der Waals surface area contributed by atoms with Crippen molar-refractivity contribution < 1.29 is 4.39 Å². The zero-order chi connectivity index (χ0) is 15.1. The van der Waals surface area contributed by atoms with Gasteiger partial charge in [0.25, 0.3) is 0 Å². The van der Waals surface area contributed by atoms with Crippen molar-refractivity contribution in [1.82, 2.24) is 4.98 Å². The molecule has 110 valence electrons. The molecular weight excluding hydrogens is 343 g/mol. The van der Waals surface area contributed by atoms with Crippen molar-refractivity contribution in [3.05, 3.63) is 70.1 Å². The number of hydrogen-bond acceptors (Lipinski definition) is 2. The first kappa shape index (κ1) is 13.7. The lowest BCUT2D eigenvalue weighted by atomic mass is 9.77. The molecule has 0 spiro atoms. The van der Waals surface area contributed by atoms with Gasteiger partial charge in [0, 0.05) is 33.9 Å². The molecule has 0 radical (unpaired) electrons. The first-order chi connectivity index (χ1) is 10.7. The van der Waals surface area contributed by atoms with Crippen molar-refractivity contribution >= 4 is 32.5 Å². The summed E-state index contributed by atoms with van der Waals surface area (Å²) in [5, 5.41) is 5.20. The summed E-state index contributed by atoms with van der Waals surface area (Å²) in [6.45, 7) is 0.845. The molecule has 3 aromatic rings. The van der Waals surface area contributed by atoms with Gasteiger partial charge in [0.05, 0.1) is 0 Å². The molecule has 0 amide bonds. The van der Waals surface area contributed by atoms with E-state index >= 15 is 0 Å². The lowest BCUT2D eigenvalue weighted by molar-refractivity contribution is 0.629. The van der Waals surface area contributed by atoms with Crippen molar-refractivity contribution in [2.24, 2.45) is 0 Å². The third-order valence-electron chi connectivity index (χ3n) is 4.28. The fourth-order valence-electron chi connectivity index (χ4n) is 3.09. The zero-order valence-corrected chi connectivity index (χ0v) is 13.4. The molecule has 1 unspecified atom stereocenters. The summed E-state index contributed by atoms with van der Waals surface area (Å²) in [4.78, 5) is 4.44. The Bertz CT molecular complexity index is 863. The summed E-state index contributed by atoms with van der Waals surface area (Å²) < 4.78 is 14.2. The third kappa shape index (κ3) is 2.28. The molecule has 4 heteroatoms. The van der Waals surface area contributed by atoms with Gasteiger partial charge in [-0.3, -0.25) is 0 Å². The first-order valence-electron chi connectivity index (χ1n) is 7.28. The normalized spacial score (nSPS) is 16.2. The summed E-state index contributed by atoms with van der Waals surface area (Å²) in [6.07, 6.45) is 2.82. The van der Waals surface area contributed by atoms with E-state index in [0.717, 1.165) is 34.0 Å². The maximum Gasteiger partial charge on any atom is 0.133 e. The smallest absolute Gasteiger partial charge is 0.133 e. The highest BCUT2D eigenvalue weighted by Crippen LogP contribution is 2.35. The van der Waals surface area contributed by atoms with Crippen LogP contribution in [0.2, 0.25) is 0 Å². The molecule has 1 heterocycles. The number of fused-ring (bicyclic) bond motifs is 2. The van der Waals surface area contributed by atoms with Gasteiger partial charge in [-0.1, -0.05) is 24.3 Å². The van der Waals surface area contributed by atoms with Crippen LogP contribution in [-0.2, 0) is 6.42 Å². The molecule has 0 saturated carbocycles. The van der Waals surface area contributed by atoms with E-state index in [4.69, 9.17) is 0 Å². The Hall–Kier alpha value is -1.94. The van der Waals surface area contributed by atoms with Crippen molar-refractivity contribution in [3.8, 4) is 0 Å². The van der Waals surface area contributed by atoms with Crippen LogP contribution in [0, 0.1) is 5.82 Å². The Labute approximate surface area is 136 Å². The Morgan fingerprint density at radius 2 is 2.05 bits per heavy atom. The number of benzene rings is 2. The molecule has 1 N–H and O–H groups in total. The minimum Gasteiger partial charge on any atom is -0.369 e. The van der Waals surface area contributed by atoms with E-state index in [1.807, 2.05) is 0 Å². The van der Waals surface area contributed by atoms with Gasteiger partial charge in [-0.15, -0.1) is 0 Å². The predicted molar refractivity (Wildman–Crippen MR) is 90.8 cm³/mol. The van der Waals surface area contributed by atoms with Crippen molar-refractivity contribution in [2.45, 2.75) is 12.3 Å². The molecule has 0 saturated heterocycles. The van der Waals surface area contributed by atoms with Crippen molar-refractivity contribution in [1.29, 1.82) is 0 Å². The third-order valence-corrected chi connectivity index (χ3v) is 4.91. The van der Waals surface area contributed by atoms with E-state index in [0.29, 0.717) is 5.92 Å². The minimum absolute atomic E-state index is 0.238. The lowest BCUT2D eigenvalue weighted by Gasteiger charge is -2.30. The molecule has 1 aliphatic carbocycles. The maximum atomic E-state index is 13.4. The Morgan fingerprint density at radius 1 is 1.18 bits per heavy atom. The summed E-state index contributed by atoms with van der Waals surface area (Å²) in [5.41, 5.74) is 2.85. The summed E-state index contributed by atoms with van der Waals surface area (Å²) in [6, 6.07) is 13.3. The van der Waals surface area contributed by atoms with Gasteiger partial charge in [-0.25, -0.2) is 9.37 Å². The lowest BCUT2D eigenvalue weighted by Crippen LogP contribution is -2.24. The average molecular weight is 357 g/mol. The molecule has 0 aliphatic heterocycles. The van der Waals surface area contributed by atoms with Crippen molar-refractivity contribution in [3.63, 3.8) is 0 Å². The van der Waals surface area contributed by atoms with Crippen LogP contribution < -0.4 is 5.32 Å². The molecule has 2 aromatic carbocycles. The molecule has 2 nitrogen and oxygen atoms in total. The van der Waals surface area contributed by atoms with E-state index in [9.17, 15) is 4.39 Å². The number of halogens is 2. The maximum absolute atomic E-state index is 13.4. The Kier molecular flexibility index (Phi) is 3.34. The van der Waals surface area contributed by atoms with Crippen molar-refractivity contribution in [2.75, 3.05) is 11.9 Å². The van der Waals surface area contributed by atoms with E-state index in [1.165, 1.54) is 23.3 Å². The quantitative estimate of drug-likeness (QED) is 0.722. The van der Waals surface area contributed by atoms with Crippen LogP contribution >= 0.6 is 15.9 Å². The highest BCUT2D eigenvalue weighted by molar-refractivity contribution is 9.10. The number of hydrogen-bond donors (Lipinski definition) is 1. The second kappa shape index (κ2) is 5.36. The number of rotatable bonds is 3. The number of pyridine rings is 1. The molecule has 1 aliphatic rings. The van der Waals surface area contributed by atoms with E-state index in [2.05, 4.69) is 50.5 Å². The van der Waals surface area contributed by atoms with Crippen LogP contribution in [-0.4, -0.2) is 11.5 Å². The van der Waals surface area contributed by atoms with Gasteiger partial charge in [0.15, 0.2) is 0 Å². The van der Waals surface area contributed by atoms with Gasteiger partial charge in [-0.2, -0.15) is 0 Å². The first-order valence-corrected chi connectivity index (χ1v) is 8.07. The summed E-state index contributed by atoms with van der Waals surface area (Å²) >= 11 is 3.43. The van der Waals surface area contributed by atoms with Crippen LogP contribution in [0.4, 0.5) is 10.2 Å². The number of anilines is 1. The SMILES string of the molecule is Fc1ccc2c(NCC3Cc4ccccc43)ncc(Br)c2c1. The highest BCUT2D eigenvalue weighted by Gasteiger charge is 2.25. The molecule has 22 heavy (non-hydrogen) atoms. The number of aromatic nitrogens is 1. The molecule has 0 fully saturated rings. The Morgan fingerprint density at radius 3 is 2.91 bits per heavy atom. The van der Waals surface area contributed by atoms with Crippen LogP contribution in [0.5, 0.6) is 0 Å². The standard InChI is InChI=1S/C18H14BrFN2/c19-17-10-22-18(15-6-5-13(20)8-16(15)17)21-9-12-7-11-3-1-2-4-14(11)12/h1-6,8,10,12H,7,9H2,(H,21,22). The van der Waals surface area contributed by atoms with Gasteiger partial charge < -0.3 is 5.32 Å². The van der Waals surface area contributed by atoms with Crippen LogP contribution in [0.1, 0.15) is 17.0 Å². The summed E-state index contributed by atoms with van der Waals surface area (Å²) in [7, 11) is 0. The fraction of sp³-hybridized carbons (Fsp3) is 0.167.